The minimum Gasteiger partial charge on any atom is -0.392 e. The average Bonchev–Trinajstić information content (AvgIpc) is 1.65. The molecule has 0 amide bonds. The lowest BCUT2D eigenvalue weighted by molar-refractivity contribution is 0.133. The molecule has 0 saturated heterocycles. The fourth-order valence-corrected chi connectivity index (χ4v) is 0.551. The molecule has 1 atom stereocenters. The van der Waals surface area contributed by atoms with Gasteiger partial charge in [0.05, 0.1) is 6.10 Å². The van der Waals surface area contributed by atoms with Crippen molar-refractivity contribution < 1.29 is 5.11 Å². The Bertz CT molecular complexity index is 54.5. The van der Waals surface area contributed by atoms with Crippen LogP contribution in [0.2, 0.25) is 0 Å². The van der Waals surface area contributed by atoms with Crippen LogP contribution in [0.3, 0.4) is 0 Å². The first-order valence-corrected chi connectivity index (χ1v) is 2.99. The lowest BCUT2D eigenvalue weighted by atomic mass is 10.3. The summed E-state index contributed by atoms with van der Waals surface area (Å²) in [6.45, 7) is 2.75. The van der Waals surface area contributed by atoms with E-state index in [1.165, 1.54) is 0 Å². The van der Waals surface area contributed by atoms with Gasteiger partial charge in [-0.25, -0.2) is 0 Å². The van der Waals surface area contributed by atoms with E-state index in [2.05, 4.69) is 0 Å². The molecule has 1 N–H and O–H groups in total. The summed E-state index contributed by atoms with van der Waals surface area (Å²) in [5.41, 5.74) is 0. The van der Waals surface area contributed by atoms with Crippen molar-refractivity contribution in [2.75, 3.05) is 20.6 Å². The first-order valence-electron chi connectivity index (χ1n) is 2.99. The van der Waals surface area contributed by atoms with E-state index in [-0.39, 0.29) is 6.10 Å². The van der Waals surface area contributed by atoms with Crippen molar-refractivity contribution >= 4 is 0 Å². The zero-order valence-electron chi connectivity index (χ0n) is 5.89. The number of aliphatic hydroxyl groups is 1. The Hall–Kier alpha value is -0.0800. The van der Waals surface area contributed by atoms with Crippen LogP contribution in [0.5, 0.6) is 0 Å². The second-order valence-electron chi connectivity index (χ2n) is 2.32. The van der Waals surface area contributed by atoms with Crippen LogP contribution in [0.25, 0.3) is 0 Å². The molecule has 0 radical (unpaired) electrons. The van der Waals surface area contributed by atoms with Gasteiger partial charge >= 0.3 is 0 Å². The number of hydrogen-bond acceptors (Lipinski definition) is 2. The Morgan fingerprint density at radius 2 is 2.00 bits per heavy atom. The van der Waals surface area contributed by atoms with Crippen LogP contribution in [0.4, 0.5) is 0 Å². The van der Waals surface area contributed by atoms with E-state index < -0.39 is 0 Å². The van der Waals surface area contributed by atoms with Crippen LogP contribution in [-0.4, -0.2) is 36.8 Å². The molecule has 0 saturated carbocycles. The minimum absolute atomic E-state index is 0.148. The Balaban J connectivity index is 3.10. The van der Waals surface area contributed by atoms with Crippen LogP contribution in [-0.2, 0) is 0 Å². The van der Waals surface area contributed by atoms with E-state index in [1.54, 1.807) is 0 Å². The second kappa shape index (κ2) is 3.87. The van der Waals surface area contributed by atoms with Crippen LogP contribution >= 0.6 is 0 Å². The molecule has 0 aliphatic rings. The Kier molecular flexibility index (Phi) is 3.83. The first-order chi connectivity index (χ1) is 3.66. The number of likely N-dealkylation sites (N-methyl/N-ethyl adjacent to an activating group) is 1. The van der Waals surface area contributed by atoms with Crippen molar-refractivity contribution in [1.82, 2.24) is 4.90 Å². The molecule has 2 nitrogen and oxygen atoms in total. The van der Waals surface area contributed by atoms with E-state index in [0.717, 1.165) is 13.0 Å². The molecule has 1 unspecified atom stereocenters. The van der Waals surface area contributed by atoms with Gasteiger partial charge in [-0.1, -0.05) is 6.92 Å². The summed E-state index contributed by atoms with van der Waals surface area (Å²) < 4.78 is 0. The normalized spacial score (nSPS) is 14.6. The summed E-state index contributed by atoms with van der Waals surface area (Å²) in [6.07, 6.45) is 0.697. The van der Waals surface area contributed by atoms with Gasteiger partial charge in [0.1, 0.15) is 0 Å². The van der Waals surface area contributed by atoms with E-state index in [1.807, 2.05) is 25.9 Å². The fourth-order valence-electron chi connectivity index (χ4n) is 0.551. The molecule has 0 bridgehead atoms. The van der Waals surface area contributed by atoms with Crippen molar-refractivity contribution in [3.63, 3.8) is 0 Å². The largest absolute Gasteiger partial charge is 0.392 e. The van der Waals surface area contributed by atoms with E-state index in [9.17, 15) is 0 Å². The van der Waals surface area contributed by atoms with Gasteiger partial charge in [-0.2, -0.15) is 0 Å². The van der Waals surface area contributed by atoms with Crippen molar-refractivity contribution in [3.05, 3.63) is 0 Å². The highest BCUT2D eigenvalue weighted by Gasteiger charge is 1.99. The van der Waals surface area contributed by atoms with Gasteiger partial charge in [-0.15, -0.1) is 0 Å². The molecule has 0 heterocycles. The molecule has 0 fully saturated rings. The van der Waals surface area contributed by atoms with Gasteiger partial charge in [0.2, 0.25) is 0 Å². The van der Waals surface area contributed by atoms with Crippen molar-refractivity contribution in [3.8, 4) is 0 Å². The van der Waals surface area contributed by atoms with Gasteiger partial charge in [-0.05, 0) is 20.5 Å². The monoisotopic (exact) mass is 117 g/mol. The highest BCUT2D eigenvalue weighted by molar-refractivity contribution is 4.53. The zero-order chi connectivity index (χ0) is 6.57. The van der Waals surface area contributed by atoms with Crippen LogP contribution in [0.15, 0.2) is 0 Å². The number of nitrogens with zero attached hydrogens (tertiary/aromatic N) is 1. The van der Waals surface area contributed by atoms with Crippen LogP contribution in [0, 0.1) is 0 Å². The summed E-state index contributed by atoms with van der Waals surface area (Å²) in [5, 5.41) is 8.99. The molecule has 2 heteroatoms. The summed E-state index contributed by atoms with van der Waals surface area (Å²) in [7, 11) is 3.91. The molecule has 0 aliphatic heterocycles. The second-order valence-corrected chi connectivity index (χ2v) is 2.32. The van der Waals surface area contributed by atoms with Crippen molar-refractivity contribution in [2.24, 2.45) is 0 Å². The van der Waals surface area contributed by atoms with Crippen LogP contribution < -0.4 is 0 Å². The molecule has 50 valence electrons. The standard InChI is InChI=1S/C6H15NO/c1-4-6(8)5-7(2)3/h6,8H,4-5H2,1-3H3. The Morgan fingerprint density at radius 1 is 1.50 bits per heavy atom. The molecule has 0 rings (SSSR count). The van der Waals surface area contributed by atoms with Crippen LogP contribution in [0.1, 0.15) is 13.3 Å². The molecule has 0 aromatic rings. The smallest absolute Gasteiger partial charge is 0.0664 e. The molecule has 0 aliphatic carbocycles. The van der Waals surface area contributed by atoms with E-state index >= 15 is 0 Å². The highest BCUT2D eigenvalue weighted by atomic mass is 16.3. The Morgan fingerprint density at radius 3 is 2.12 bits per heavy atom. The maximum atomic E-state index is 8.99. The highest BCUT2D eigenvalue weighted by Crippen LogP contribution is 1.89. The summed E-state index contributed by atoms with van der Waals surface area (Å²) in [4.78, 5) is 1.98. The fraction of sp³-hybridized carbons (Fsp3) is 1.00. The summed E-state index contributed by atoms with van der Waals surface area (Å²) in [5.74, 6) is 0. The predicted molar refractivity (Wildman–Crippen MR) is 34.9 cm³/mol. The third-order valence-electron chi connectivity index (χ3n) is 1.05. The molecule has 0 aromatic carbocycles. The summed E-state index contributed by atoms with van der Waals surface area (Å²) >= 11 is 0. The lowest BCUT2D eigenvalue weighted by Gasteiger charge is -2.13. The minimum atomic E-state index is -0.148. The van der Waals surface area contributed by atoms with Gasteiger partial charge in [0.25, 0.3) is 0 Å². The SMILES string of the molecule is CCC(O)CN(C)C. The maximum Gasteiger partial charge on any atom is 0.0664 e. The number of rotatable bonds is 3. The average molecular weight is 117 g/mol. The topological polar surface area (TPSA) is 23.5 Å². The van der Waals surface area contributed by atoms with E-state index in [4.69, 9.17) is 5.11 Å². The van der Waals surface area contributed by atoms with Gasteiger partial charge in [0.15, 0.2) is 0 Å². The Labute approximate surface area is 51.1 Å². The molecule has 0 aromatic heterocycles. The third-order valence-corrected chi connectivity index (χ3v) is 1.05. The maximum absolute atomic E-state index is 8.99. The molecule has 8 heavy (non-hydrogen) atoms. The lowest BCUT2D eigenvalue weighted by Crippen LogP contribution is -2.24. The van der Waals surface area contributed by atoms with Crippen molar-refractivity contribution in [2.45, 2.75) is 19.4 Å². The molecule has 0 spiro atoms. The quantitative estimate of drug-likeness (QED) is 0.575. The van der Waals surface area contributed by atoms with Crippen molar-refractivity contribution in [1.29, 1.82) is 0 Å². The third kappa shape index (κ3) is 4.09. The van der Waals surface area contributed by atoms with Gasteiger partial charge in [-0.3, -0.25) is 0 Å². The zero-order valence-corrected chi connectivity index (χ0v) is 5.89. The predicted octanol–water partition coefficient (Wildman–Crippen LogP) is 0.319. The van der Waals surface area contributed by atoms with Gasteiger partial charge in [0, 0.05) is 6.54 Å². The number of aliphatic hydroxyl groups excluding tert-OH is 1. The molecular formula is C6H15NO. The van der Waals surface area contributed by atoms with Gasteiger partial charge < -0.3 is 10.0 Å². The number of hydrogen-bond donors (Lipinski definition) is 1. The van der Waals surface area contributed by atoms with E-state index in [0.29, 0.717) is 0 Å². The first kappa shape index (κ1) is 7.92. The summed E-state index contributed by atoms with van der Waals surface area (Å²) in [6, 6.07) is 0. The molecular weight excluding hydrogens is 102 g/mol.